The Hall–Kier alpha value is -0.580. The Kier molecular flexibility index (Phi) is 4.42. The molecule has 5 heteroatoms. The first kappa shape index (κ1) is 12.9. The van der Waals surface area contributed by atoms with Crippen molar-refractivity contribution in [3.63, 3.8) is 0 Å². The van der Waals surface area contributed by atoms with E-state index in [9.17, 15) is 4.79 Å². The molecule has 1 aliphatic heterocycles. The number of fused-ring (bicyclic) bond motifs is 1. The normalized spacial score (nSPS) is 16.8. The minimum absolute atomic E-state index is 0.0850. The zero-order valence-corrected chi connectivity index (χ0v) is 11.9. The summed E-state index contributed by atoms with van der Waals surface area (Å²) in [5.74, 6) is 1.49. The van der Waals surface area contributed by atoms with Gasteiger partial charge in [0, 0.05) is 18.3 Å². The summed E-state index contributed by atoms with van der Waals surface area (Å²) in [7, 11) is 0. The van der Waals surface area contributed by atoms with Gasteiger partial charge < -0.3 is 0 Å². The number of aromatic nitrogens is 3. The second-order valence-corrected chi connectivity index (χ2v) is 5.45. The number of aryl methyl sites for hydroxylation is 1. The zero-order chi connectivity index (χ0) is 12.3. The maximum absolute atomic E-state index is 12.1. The second-order valence-electron chi connectivity index (χ2n) is 4.80. The van der Waals surface area contributed by atoms with Crippen LogP contribution in [-0.2, 0) is 19.5 Å². The largest absolute Gasteiger partial charge is 0.345 e. The fraction of sp³-hybridized carbons (Fsp3) is 0.833. The van der Waals surface area contributed by atoms with Crippen LogP contribution in [0.15, 0.2) is 4.79 Å². The maximum atomic E-state index is 12.1. The van der Waals surface area contributed by atoms with Crippen LogP contribution in [0.4, 0.5) is 0 Å². The van der Waals surface area contributed by atoms with Gasteiger partial charge in [-0.2, -0.15) is 5.10 Å². The van der Waals surface area contributed by atoms with Gasteiger partial charge in [0.15, 0.2) is 0 Å². The molecule has 96 valence electrons. The molecule has 1 aliphatic rings. The molecule has 17 heavy (non-hydrogen) atoms. The van der Waals surface area contributed by atoms with Gasteiger partial charge in [0.2, 0.25) is 0 Å². The highest BCUT2D eigenvalue weighted by molar-refractivity contribution is 9.09. The Labute approximate surface area is 110 Å². The molecule has 0 N–H and O–H groups in total. The fourth-order valence-corrected chi connectivity index (χ4v) is 2.97. The van der Waals surface area contributed by atoms with E-state index in [1.54, 1.807) is 4.68 Å². The Morgan fingerprint density at radius 3 is 2.94 bits per heavy atom. The summed E-state index contributed by atoms with van der Waals surface area (Å²) < 4.78 is 3.52. The number of rotatable bonds is 5. The Balaban J connectivity index is 2.16. The summed E-state index contributed by atoms with van der Waals surface area (Å²) in [6.45, 7) is 3.77. The van der Waals surface area contributed by atoms with Crippen molar-refractivity contribution in [3.8, 4) is 0 Å². The van der Waals surface area contributed by atoms with Crippen molar-refractivity contribution in [2.45, 2.75) is 52.1 Å². The summed E-state index contributed by atoms with van der Waals surface area (Å²) in [6, 6.07) is 0. The summed E-state index contributed by atoms with van der Waals surface area (Å²) >= 11 is 3.52. The minimum Gasteiger partial charge on any atom is -0.279 e. The van der Waals surface area contributed by atoms with Gasteiger partial charge in [0.1, 0.15) is 5.82 Å². The maximum Gasteiger partial charge on any atom is 0.345 e. The number of hydrogen-bond acceptors (Lipinski definition) is 2. The molecule has 0 aliphatic carbocycles. The molecule has 0 spiro atoms. The SMILES string of the molecule is CCCC(CBr)Cn1nc2n(c1=O)CCCC2. The van der Waals surface area contributed by atoms with Crippen molar-refractivity contribution in [1.82, 2.24) is 14.3 Å². The Bertz CT molecular complexity index is 424. The van der Waals surface area contributed by atoms with Crippen molar-refractivity contribution in [2.75, 3.05) is 5.33 Å². The monoisotopic (exact) mass is 301 g/mol. The first-order chi connectivity index (χ1) is 8.26. The molecule has 0 amide bonds. The third-order valence-electron chi connectivity index (χ3n) is 3.38. The van der Waals surface area contributed by atoms with Crippen molar-refractivity contribution >= 4 is 15.9 Å². The molecule has 0 aromatic carbocycles. The third-order valence-corrected chi connectivity index (χ3v) is 4.29. The molecule has 1 atom stereocenters. The van der Waals surface area contributed by atoms with E-state index in [0.717, 1.165) is 56.3 Å². The van der Waals surface area contributed by atoms with E-state index in [1.165, 1.54) is 0 Å². The molecule has 4 nitrogen and oxygen atoms in total. The van der Waals surface area contributed by atoms with Crippen LogP contribution >= 0.6 is 15.9 Å². The Morgan fingerprint density at radius 2 is 2.29 bits per heavy atom. The van der Waals surface area contributed by atoms with E-state index in [2.05, 4.69) is 28.0 Å². The lowest BCUT2D eigenvalue weighted by Gasteiger charge is -2.11. The van der Waals surface area contributed by atoms with Gasteiger partial charge in [-0.15, -0.1) is 0 Å². The molecule has 0 saturated heterocycles. The number of alkyl halides is 1. The van der Waals surface area contributed by atoms with Crippen molar-refractivity contribution in [1.29, 1.82) is 0 Å². The summed E-state index contributed by atoms with van der Waals surface area (Å²) in [4.78, 5) is 12.1. The molecule has 2 heterocycles. The molecule has 0 saturated carbocycles. The van der Waals surface area contributed by atoms with Crippen LogP contribution in [0.1, 0.15) is 38.4 Å². The van der Waals surface area contributed by atoms with Gasteiger partial charge in [-0.25, -0.2) is 9.48 Å². The van der Waals surface area contributed by atoms with E-state index in [1.807, 2.05) is 4.57 Å². The van der Waals surface area contributed by atoms with E-state index >= 15 is 0 Å². The third kappa shape index (κ3) is 2.81. The van der Waals surface area contributed by atoms with Crippen LogP contribution in [0.2, 0.25) is 0 Å². The highest BCUT2D eigenvalue weighted by atomic mass is 79.9. The van der Waals surface area contributed by atoms with Crippen LogP contribution in [0.3, 0.4) is 0 Å². The molecular formula is C12H20BrN3O. The summed E-state index contributed by atoms with van der Waals surface area (Å²) in [5.41, 5.74) is 0.0850. The average molecular weight is 302 g/mol. The van der Waals surface area contributed by atoms with Crippen molar-refractivity contribution < 1.29 is 0 Å². The molecule has 1 unspecified atom stereocenters. The van der Waals surface area contributed by atoms with Crippen molar-refractivity contribution in [2.24, 2.45) is 5.92 Å². The van der Waals surface area contributed by atoms with Crippen LogP contribution in [-0.4, -0.2) is 19.7 Å². The van der Waals surface area contributed by atoms with Gasteiger partial charge in [-0.1, -0.05) is 29.3 Å². The summed E-state index contributed by atoms with van der Waals surface area (Å²) in [6.07, 6.45) is 5.51. The number of nitrogens with zero attached hydrogens (tertiary/aromatic N) is 3. The number of hydrogen-bond donors (Lipinski definition) is 0. The quantitative estimate of drug-likeness (QED) is 0.782. The first-order valence-electron chi connectivity index (χ1n) is 6.48. The molecule has 0 bridgehead atoms. The van der Waals surface area contributed by atoms with Gasteiger partial charge >= 0.3 is 5.69 Å². The topological polar surface area (TPSA) is 39.8 Å². The fourth-order valence-electron chi connectivity index (χ4n) is 2.44. The van der Waals surface area contributed by atoms with E-state index in [-0.39, 0.29) is 5.69 Å². The lowest BCUT2D eigenvalue weighted by molar-refractivity contribution is 0.417. The van der Waals surface area contributed by atoms with Gasteiger partial charge in [-0.3, -0.25) is 4.57 Å². The lowest BCUT2D eigenvalue weighted by atomic mass is 10.1. The summed E-state index contributed by atoms with van der Waals surface area (Å²) in [5, 5.41) is 5.41. The van der Waals surface area contributed by atoms with Crippen LogP contribution < -0.4 is 5.69 Å². The smallest absolute Gasteiger partial charge is 0.279 e. The average Bonchev–Trinajstić information content (AvgIpc) is 2.66. The van der Waals surface area contributed by atoms with Crippen molar-refractivity contribution in [3.05, 3.63) is 16.3 Å². The number of halogens is 1. The van der Waals surface area contributed by atoms with E-state index in [4.69, 9.17) is 0 Å². The van der Waals surface area contributed by atoms with Gasteiger partial charge in [0.25, 0.3) is 0 Å². The van der Waals surface area contributed by atoms with Crippen LogP contribution in [0.5, 0.6) is 0 Å². The minimum atomic E-state index is 0.0850. The molecular weight excluding hydrogens is 282 g/mol. The molecule has 0 radical (unpaired) electrons. The van der Waals surface area contributed by atoms with Crippen LogP contribution in [0, 0.1) is 5.92 Å². The predicted molar refractivity (Wildman–Crippen MR) is 71.6 cm³/mol. The second kappa shape index (κ2) is 5.85. The van der Waals surface area contributed by atoms with E-state index < -0.39 is 0 Å². The molecule has 0 fully saturated rings. The van der Waals surface area contributed by atoms with Gasteiger partial charge in [0.05, 0.1) is 6.54 Å². The molecule has 2 rings (SSSR count). The lowest BCUT2D eigenvalue weighted by Crippen LogP contribution is -2.29. The Morgan fingerprint density at radius 1 is 1.47 bits per heavy atom. The first-order valence-corrected chi connectivity index (χ1v) is 7.61. The predicted octanol–water partition coefficient (Wildman–Crippen LogP) is 2.19. The highest BCUT2D eigenvalue weighted by Gasteiger charge is 2.18. The standard InChI is InChI=1S/C12H20BrN3O/c1-2-5-10(8-13)9-16-12(17)15-7-4-3-6-11(15)14-16/h10H,2-9H2,1H3. The zero-order valence-electron chi connectivity index (χ0n) is 10.4. The highest BCUT2D eigenvalue weighted by Crippen LogP contribution is 2.13. The van der Waals surface area contributed by atoms with Crippen LogP contribution in [0.25, 0.3) is 0 Å². The molecule has 1 aromatic rings. The molecule has 1 aromatic heterocycles. The van der Waals surface area contributed by atoms with E-state index in [0.29, 0.717) is 5.92 Å². The van der Waals surface area contributed by atoms with Gasteiger partial charge in [-0.05, 0) is 25.2 Å².